The third-order valence-corrected chi connectivity index (χ3v) is 4.29. The van der Waals surface area contributed by atoms with Crippen molar-refractivity contribution in [1.29, 1.82) is 0 Å². The Morgan fingerprint density at radius 3 is 2.74 bits per heavy atom. The van der Waals surface area contributed by atoms with Crippen molar-refractivity contribution in [2.75, 3.05) is 6.61 Å². The fraction of sp³-hybridized carbons (Fsp3) is 0.286. The zero-order valence-corrected chi connectivity index (χ0v) is 12.8. The molecule has 0 fully saturated rings. The minimum atomic E-state index is 0.148. The Bertz CT molecular complexity index is 551. The van der Waals surface area contributed by atoms with E-state index in [2.05, 4.69) is 15.9 Å². The molecule has 100 valence electrons. The van der Waals surface area contributed by atoms with Gasteiger partial charge >= 0.3 is 0 Å². The second kappa shape index (κ2) is 6.93. The first-order valence-corrected chi connectivity index (χ1v) is 7.72. The summed E-state index contributed by atoms with van der Waals surface area (Å²) in [6.45, 7) is 0.842. The van der Waals surface area contributed by atoms with Crippen LogP contribution in [0.15, 0.2) is 40.4 Å². The fourth-order valence-corrected chi connectivity index (χ4v) is 2.85. The van der Waals surface area contributed by atoms with E-state index in [9.17, 15) is 4.79 Å². The van der Waals surface area contributed by atoms with Gasteiger partial charge in [-0.15, -0.1) is 0 Å². The maximum Gasteiger partial charge on any atom is 0.224 e. The molecule has 19 heavy (non-hydrogen) atoms. The van der Waals surface area contributed by atoms with Gasteiger partial charge in [-0.1, -0.05) is 39.4 Å². The van der Waals surface area contributed by atoms with Gasteiger partial charge in [0.1, 0.15) is 0 Å². The molecule has 5 heteroatoms. The molecular formula is C14H15BrNO2S+. The Morgan fingerprint density at radius 1 is 1.32 bits per heavy atom. The Balaban J connectivity index is 1.90. The molecule has 0 aliphatic heterocycles. The van der Waals surface area contributed by atoms with Gasteiger partial charge in [-0.3, -0.25) is 4.79 Å². The van der Waals surface area contributed by atoms with Gasteiger partial charge in [0.15, 0.2) is 18.5 Å². The van der Waals surface area contributed by atoms with Crippen molar-refractivity contribution in [3.05, 3.63) is 50.9 Å². The van der Waals surface area contributed by atoms with Gasteiger partial charge < -0.3 is 5.11 Å². The lowest BCUT2D eigenvalue weighted by Crippen LogP contribution is -2.31. The first kappa shape index (κ1) is 14.4. The molecule has 1 aromatic carbocycles. The number of ketones is 1. The van der Waals surface area contributed by atoms with Gasteiger partial charge in [0, 0.05) is 23.1 Å². The minimum absolute atomic E-state index is 0.148. The average molecular weight is 341 g/mol. The highest BCUT2D eigenvalue weighted by molar-refractivity contribution is 9.10. The van der Waals surface area contributed by atoms with E-state index in [0.717, 1.165) is 14.9 Å². The summed E-state index contributed by atoms with van der Waals surface area (Å²) in [5.74, 6) is 0.148. The number of aliphatic hydroxyl groups excluding tert-OH is 1. The van der Waals surface area contributed by atoms with Crippen LogP contribution in [0.4, 0.5) is 0 Å². The van der Waals surface area contributed by atoms with Crippen molar-refractivity contribution in [2.24, 2.45) is 0 Å². The predicted octanol–water partition coefficient (Wildman–Crippen LogP) is 2.61. The van der Waals surface area contributed by atoms with E-state index in [1.54, 1.807) is 11.3 Å². The Hall–Kier alpha value is -1.04. The average Bonchev–Trinajstić information content (AvgIpc) is 2.85. The molecule has 0 spiro atoms. The van der Waals surface area contributed by atoms with Crippen LogP contribution in [0.25, 0.3) is 0 Å². The van der Waals surface area contributed by atoms with E-state index in [1.807, 2.05) is 40.5 Å². The summed E-state index contributed by atoms with van der Waals surface area (Å²) in [6.07, 6.45) is 3.16. The molecule has 0 aliphatic carbocycles. The van der Waals surface area contributed by atoms with Gasteiger partial charge in [-0.2, -0.15) is 4.57 Å². The number of carbonyl (C=O) groups is 1. The number of nitrogens with zero attached hydrogens (tertiary/aromatic N) is 1. The SMILES string of the molecule is O=C(CC[n+]1csc(CCO)c1)c1ccc(Br)cc1. The first-order valence-electron chi connectivity index (χ1n) is 6.05. The van der Waals surface area contributed by atoms with Crippen molar-refractivity contribution in [1.82, 2.24) is 0 Å². The van der Waals surface area contributed by atoms with Gasteiger partial charge in [0.25, 0.3) is 0 Å². The molecule has 2 aromatic rings. The number of aliphatic hydroxyl groups is 1. The van der Waals surface area contributed by atoms with Crippen LogP contribution < -0.4 is 4.57 Å². The van der Waals surface area contributed by atoms with E-state index in [1.165, 1.54) is 0 Å². The van der Waals surface area contributed by atoms with Crippen LogP contribution in [-0.4, -0.2) is 17.5 Å². The molecule has 0 atom stereocenters. The number of Topliss-reactive ketones (excluding diaryl/α,β-unsaturated/α-hetero) is 1. The summed E-state index contributed by atoms with van der Waals surface area (Å²) in [4.78, 5) is 13.1. The quantitative estimate of drug-likeness (QED) is 0.648. The van der Waals surface area contributed by atoms with Crippen LogP contribution >= 0.6 is 27.3 Å². The molecule has 0 saturated heterocycles. The van der Waals surface area contributed by atoms with Crippen LogP contribution in [0.5, 0.6) is 0 Å². The van der Waals surface area contributed by atoms with E-state index in [0.29, 0.717) is 19.4 Å². The molecule has 0 aliphatic rings. The number of aromatic nitrogens is 1. The number of aryl methyl sites for hydroxylation is 1. The molecule has 0 radical (unpaired) electrons. The molecular weight excluding hydrogens is 326 g/mol. The monoisotopic (exact) mass is 340 g/mol. The number of halogens is 1. The number of thiazole rings is 1. The van der Waals surface area contributed by atoms with E-state index < -0.39 is 0 Å². The molecule has 1 heterocycles. The highest BCUT2D eigenvalue weighted by atomic mass is 79.9. The Kier molecular flexibility index (Phi) is 5.24. The lowest BCUT2D eigenvalue weighted by Gasteiger charge is -1.98. The molecule has 1 N–H and O–H groups in total. The number of benzene rings is 1. The molecule has 0 unspecified atom stereocenters. The summed E-state index contributed by atoms with van der Waals surface area (Å²) < 4.78 is 2.98. The second-order valence-electron chi connectivity index (χ2n) is 4.21. The molecule has 0 saturated carbocycles. The lowest BCUT2D eigenvalue weighted by molar-refractivity contribution is -0.691. The first-order chi connectivity index (χ1) is 9.19. The van der Waals surface area contributed by atoms with Gasteiger partial charge in [0.2, 0.25) is 5.51 Å². The number of hydrogen-bond donors (Lipinski definition) is 1. The molecule has 1 aromatic heterocycles. The van der Waals surface area contributed by atoms with E-state index in [-0.39, 0.29) is 12.4 Å². The molecule has 0 amide bonds. The Labute approximate surface area is 124 Å². The van der Waals surface area contributed by atoms with Crippen molar-refractivity contribution in [2.45, 2.75) is 19.4 Å². The lowest BCUT2D eigenvalue weighted by atomic mass is 10.1. The largest absolute Gasteiger partial charge is 0.396 e. The van der Waals surface area contributed by atoms with Crippen LogP contribution in [0, 0.1) is 0 Å². The highest BCUT2D eigenvalue weighted by Gasteiger charge is 2.11. The standard InChI is InChI=1S/C14H15BrNO2S/c15-12-3-1-11(2-4-12)14(18)5-7-16-9-13(6-8-17)19-10-16/h1-4,9-10,17H,5-8H2/q+1. The maximum atomic E-state index is 12.0. The zero-order chi connectivity index (χ0) is 13.7. The third kappa shape index (κ3) is 4.23. The summed E-state index contributed by atoms with van der Waals surface area (Å²) in [5.41, 5.74) is 2.73. The summed E-state index contributed by atoms with van der Waals surface area (Å²) in [7, 11) is 0. The van der Waals surface area contributed by atoms with Crippen LogP contribution in [-0.2, 0) is 13.0 Å². The van der Waals surface area contributed by atoms with Crippen LogP contribution in [0.1, 0.15) is 21.7 Å². The Morgan fingerprint density at radius 2 is 2.05 bits per heavy atom. The van der Waals surface area contributed by atoms with E-state index in [4.69, 9.17) is 5.11 Å². The molecule has 3 nitrogen and oxygen atoms in total. The number of hydrogen-bond acceptors (Lipinski definition) is 3. The summed E-state index contributed by atoms with van der Waals surface area (Å²) in [5, 5.41) is 8.86. The smallest absolute Gasteiger partial charge is 0.224 e. The third-order valence-electron chi connectivity index (χ3n) is 2.77. The minimum Gasteiger partial charge on any atom is -0.396 e. The molecule has 2 rings (SSSR count). The van der Waals surface area contributed by atoms with Crippen molar-refractivity contribution in [3.63, 3.8) is 0 Å². The van der Waals surface area contributed by atoms with Gasteiger partial charge in [0.05, 0.1) is 11.3 Å². The number of carbonyl (C=O) groups excluding carboxylic acids is 1. The van der Waals surface area contributed by atoms with Crippen LogP contribution in [0.2, 0.25) is 0 Å². The van der Waals surface area contributed by atoms with Gasteiger partial charge in [-0.25, -0.2) is 0 Å². The topological polar surface area (TPSA) is 41.2 Å². The fourth-order valence-electron chi connectivity index (χ4n) is 1.74. The maximum absolute atomic E-state index is 12.0. The molecule has 0 bridgehead atoms. The zero-order valence-electron chi connectivity index (χ0n) is 10.4. The van der Waals surface area contributed by atoms with Crippen molar-refractivity contribution >= 4 is 33.0 Å². The summed E-state index contributed by atoms with van der Waals surface area (Å²) in [6, 6.07) is 7.43. The highest BCUT2D eigenvalue weighted by Crippen LogP contribution is 2.12. The van der Waals surface area contributed by atoms with Crippen LogP contribution in [0.3, 0.4) is 0 Å². The normalized spacial score (nSPS) is 10.6. The van der Waals surface area contributed by atoms with E-state index >= 15 is 0 Å². The number of rotatable bonds is 6. The predicted molar refractivity (Wildman–Crippen MR) is 78.4 cm³/mol. The van der Waals surface area contributed by atoms with Gasteiger partial charge in [-0.05, 0) is 12.1 Å². The van der Waals surface area contributed by atoms with Crippen molar-refractivity contribution in [3.8, 4) is 0 Å². The summed E-state index contributed by atoms with van der Waals surface area (Å²) >= 11 is 4.96. The second-order valence-corrected chi connectivity index (χ2v) is 6.10. The van der Waals surface area contributed by atoms with Crippen molar-refractivity contribution < 1.29 is 14.5 Å².